The lowest BCUT2D eigenvalue weighted by Crippen LogP contribution is -1.86. The maximum Gasteiger partial charge on any atom is 0.183 e. The lowest BCUT2D eigenvalue weighted by atomic mass is 10.2. The van der Waals surface area contributed by atoms with E-state index in [9.17, 15) is 0 Å². The van der Waals surface area contributed by atoms with E-state index in [0.717, 1.165) is 3.57 Å². The van der Waals surface area contributed by atoms with Crippen LogP contribution in [0.4, 0.5) is 5.82 Å². The fourth-order valence-electron chi connectivity index (χ4n) is 1.14. The Labute approximate surface area is 110 Å². The zero-order chi connectivity index (χ0) is 11.0. The molecular weight excluding hydrogens is 350 g/mol. The van der Waals surface area contributed by atoms with Gasteiger partial charge in [0.15, 0.2) is 11.6 Å². The Morgan fingerprint density at radius 1 is 1.33 bits per heavy atom. The number of hydrogen-bond donors (Lipinski definition) is 1. The Morgan fingerprint density at radius 3 is 2.67 bits per heavy atom. The predicted octanol–water partition coefficient (Wildman–Crippen LogP) is 3.84. The molecule has 0 spiro atoms. The first-order valence-electron chi connectivity index (χ1n) is 3.96. The van der Waals surface area contributed by atoms with Gasteiger partial charge in [0.1, 0.15) is 3.57 Å². The number of nitrogens with zero attached hydrogens (tertiary/aromatic N) is 1. The molecule has 0 radical (unpaired) electrons. The lowest BCUT2D eigenvalue weighted by Gasteiger charge is -2.01. The fourth-order valence-corrected chi connectivity index (χ4v) is 2.01. The van der Waals surface area contributed by atoms with Gasteiger partial charge in [0.25, 0.3) is 0 Å². The van der Waals surface area contributed by atoms with Crippen molar-refractivity contribution >= 4 is 51.6 Å². The average molecular weight is 355 g/mol. The standard InChI is InChI=1S/C9H5Cl2IN2O/c10-5-3-1-2-4(6(5)11)8-7(12)9(13)14-15-8/h1-3H,(H2,13,14). The first kappa shape index (κ1) is 11.0. The van der Waals surface area contributed by atoms with Crippen molar-refractivity contribution in [2.75, 3.05) is 5.73 Å². The Kier molecular flexibility index (Phi) is 3.08. The highest BCUT2D eigenvalue weighted by atomic mass is 127. The molecule has 0 aliphatic carbocycles. The molecule has 0 saturated carbocycles. The van der Waals surface area contributed by atoms with Crippen LogP contribution in [-0.4, -0.2) is 5.16 Å². The van der Waals surface area contributed by atoms with Crippen LogP contribution in [0.5, 0.6) is 0 Å². The molecule has 1 aromatic carbocycles. The van der Waals surface area contributed by atoms with Gasteiger partial charge in [0.2, 0.25) is 0 Å². The average Bonchev–Trinajstić information content (AvgIpc) is 2.53. The minimum atomic E-state index is 0.349. The Balaban J connectivity index is 2.64. The van der Waals surface area contributed by atoms with Gasteiger partial charge in [-0.25, -0.2) is 0 Å². The van der Waals surface area contributed by atoms with Crippen LogP contribution >= 0.6 is 45.8 Å². The van der Waals surface area contributed by atoms with Crippen molar-refractivity contribution in [1.82, 2.24) is 5.16 Å². The van der Waals surface area contributed by atoms with Gasteiger partial charge in [-0.1, -0.05) is 34.4 Å². The molecule has 0 aliphatic rings. The minimum absolute atomic E-state index is 0.349. The number of rotatable bonds is 1. The Hall–Kier alpha value is -0.460. The SMILES string of the molecule is Nc1noc(-c2cccc(Cl)c2Cl)c1I. The summed E-state index contributed by atoms with van der Waals surface area (Å²) in [5, 5.41) is 4.57. The summed E-state index contributed by atoms with van der Waals surface area (Å²) in [6.45, 7) is 0. The number of hydrogen-bond acceptors (Lipinski definition) is 3. The Bertz CT molecular complexity index is 513. The number of anilines is 1. The van der Waals surface area contributed by atoms with Crippen molar-refractivity contribution in [3.05, 3.63) is 31.8 Å². The van der Waals surface area contributed by atoms with Crippen LogP contribution < -0.4 is 5.73 Å². The van der Waals surface area contributed by atoms with Crippen molar-refractivity contribution in [2.24, 2.45) is 0 Å². The summed E-state index contributed by atoms with van der Waals surface area (Å²) >= 11 is 14.0. The second kappa shape index (κ2) is 4.19. The van der Waals surface area contributed by atoms with Gasteiger partial charge < -0.3 is 10.3 Å². The summed E-state index contributed by atoms with van der Waals surface area (Å²) in [6, 6.07) is 5.30. The summed E-state index contributed by atoms with van der Waals surface area (Å²) in [5.41, 5.74) is 6.27. The monoisotopic (exact) mass is 354 g/mol. The number of nitrogens with two attached hydrogens (primary N) is 1. The summed E-state index contributed by atoms with van der Waals surface area (Å²) in [5.74, 6) is 0.891. The molecular formula is C9H5Cl2IN2O. The number of benzene rings is 1. The normalized spacial score (nSPS) is 10.6. The number of aromatic nitrogens is 1. The van der Waals surface area contributed by atoms with Gasteiger partial charge in [-0.05, 0) is 34.7 Å². The van der Waals surface area contributed by atoms with Gasteiger partial charge in [0.05, 0.1) is 10.0 Å². The first-order valence-corrected chi connectivity index (χ1v) is 5.79. The minimum Gasteiger partial charge on any atom is -0.380 e. The smallest absolute Gasteiger partial charge is 0.183 e. The molecule has 0 aliphatic heterocycles. The maximum atomic E-state index is 6.05. The van der Waals surface area contributed by atoms with Crippen LogP contribution in [0.25, 0.3) is 11.3 Å². The van der Waals surface area contributed by atoms with E-state index in [1.54, 1.807) is 18.2 Å². The largest absolute Gasteiger partial charge is 0.380 e. The molecule has 1 heterocycles. The van der Waals surface area contributed by atoms with Gasteiger partial charge in [-0.2, -0.15) is 0 Å². The van der Waals surface area contributed by atoms with Gasteiger partial charge in [0, 0.05) is 5.56 Å². The van der Waals surface area contributed by atoms with E-state index < -0.39 is 0 Å². The number of nitrogen functional groups attached to an aromatic ring is 1. The second-order valence-corrected chi connectivity index (χ2v) is 4.68. The Morgan fingerprint density at radius 2 is 2.07 bits per heavy atom. The molecule has 15 heavy (non-hydrogen) atoms. The predicted molar refractivity (Wildman–Crippen MR) is 69.1 cm³/mol. The number of halogens is 3. The molecule has 0 atom stereocenters. The topological polar surface area (TPSA) is 52.0 Å². The van der Waals surface area contributed by atoms with E-state index >= 15 is 0 Å². The van der Waals surface area contributed by atoms with Crippen molar-refractivity contribution in [1.29, 1.82) is 0 Å². The van der Waals surface area contributed by atoms with Crippen LogP contribution in [-0.2, 0) is 0 Å². The third kappa shape index (κ3) is 1.93. The van der Waals surface area contributed by atoms with E-state index in [1.165, 1.54) is 0 Å². The van der Waals surface area contributed by atoms with E-state index in [4.69, 9.17) is 33.5 Å². The van der Waals surface area contributed by atoms with Crippen molar-refractivity contribution in [3.8, 4) is 11.3 Å². The highest BCUT2D eigenvalue weighted by Gasteiger charge is 2.16. The molecule has 0 unspecified atom stereocenters. The maximum absolute atomic E-state index is 6.05. The second-order valence-electron chi connectivity index (χ2n) is 2.81. The molecule has 3 nitrogen and oxygen atoms in total. The van der Waals surface area contributed by atoms with Crippen LogP contribution in [0.2, 0.25) is 10.0 Å². The molecule has 0 amide bonds. The molecule has 2 rings (SSSR count). The zero-order valence-electron chi connectivity index (χ0n) is 7.30. The van der Waals surface area contributed by atoms with Crippen LogP contribution in [0.15, 0.2) is 22.7 Å². The van der Waals surface area contributed by atoms with E-state index in [-0.39, 0.29) is 0 Å². The first-order chi connectivity index (χ1) is 7.11. The van der Waals surface area contributed by atoms with Gasteiger partial charge >= 0.3 is 0 Å². The molecule has 0 fully saturated rings. The third-order valence-electron chi connectivity index (χ3n) is 1.86. The molecule has 6 heteroatoms. The van der Waals surface area contributed by atoms with Gasteiger partial charge in [-0.15, -0.1) is 0 Å². The van der Waals surface area contributed by atoms with E-state index in [0.29, 0.717) is 27.2 Å². The molecule has 78 valence electrons. The molecule has 0 saturated heterocycles. The third-order valence-corrected chi connectivity index (χ3v) is 3.72. The summed E-state index contributed by atoms with van der Waals surface area (Å²) < 4.78 is 5.82. The van der Waals surface area contributed by atoms with Crippen molar-refractivity contribution in [2.45, 2.75) is 0 Å². The van der Waals surface area contributed by atoms with Crippen molar-refractivity contribution < 1.29 is 4.52 Å². The summed E-state index contributed by atoms with van der Waals surface area (Å²) in [7, 11) is 0. The fraction of sp³-hybridized carbons (Fsp3) is 0. The van der Waals surface area contributed by atoms with Crippen LogP contribution in [0.3, 0.4) is 0 Å². The molecule has 1 aromatic heterocycles. The van der Waals surface area contributed by atoms with Crippen molar-refractivity contribution in [3.63, 3.8) is 0 Å². The molecule has 2 N–H and O–H groups in total. The highest BCUT2D eigenvalue weighted by Crippen LogP contribution is 2.37. The molecule has 2 aromatic rings. The summed E-state index contributed by atoms with van der Waals surface area (Å²) in [4.78, 5) is 0. The highest BCUT2D eigenvalue weighted by molar-refractivity contribution is 14.1. The summed E-state index contributed by atoms with van der Waals surface area (Å²) in [6.07, 6.45) is 0. The van der Waals surface area contributed by atoms with Crippen LogP contribution in [0.1, 0.15) is 0 Å². The van der Waals surface area contributed by atoms with Crippen LogP contribution in [0, 0.1) is 3.57 Å². The van der Waals surface area contributed by atoms with E-state index in [2.05, 4.69) is 5.16 Å². The quantitative estimate of drug-likeness (QED) is 0.791. The van der Waals surface area contributed by atoms with Gasteiger partial charge in [-0.3, -0.25) is 0 Å². The van der Waals surface area contributed by atoms with E-state index in [1.807, 2.05) is 22.6 Å². The zero-order valence-corrected chi connectivity index (χ0v) is 11.0. The molecule has 0 bridgehead atoms. The lowest BCUT2D eigenvalue weighted by molar-refractivity contribution is 0.435.